The van der Waals surface area contributed by atoms with E-state index in [0.717, 1.165) is 28.6 Å². The molecule has 1 unspecified atom stereocenters. The summed E-state index contributed by atoms with van der Waals surface area (Å²) in [6.45, 7) is 2.15. The van der Waals surface area contributed by atoms with Gasteiger partial charge in [-0.05, 0) is 48.4 Å². The van der Waals surface area contributed by atoms with Crippen LogP contribution in [0, 0.1) is 0 Å². The maximum Gasteiger partial charge on any atom is 0.115 e. The zero-order valence-electron chi connectivity index (χ0n) is 12.0. The van der Waals surface area contributed by atoms with Gasteiger partial charge in [0, 0.05) is 17.3 Å². The molecule has 106 valence electrons. The number of pyridine rings is 1. The number of benzene rings is 2. The van der Waals surface area contributed by atoms with Gasteiger partial charge in [-0.1, -0.05) is 25.1 Å². The number of hydrogen-bond donors (Lipinski definition) is 2. The highest BCUT2D eigenvalue weighted by Crippen LogP contribution is 2.28. The van der Waals surface area contributed by atoms with E-state index in [2.05, 4.69) is 29.4 Å². The van der Waals surface area contributed by atoms with E-state index in [1.54, 1.807) is 12.1 Å². The van der Waals surface area contributed by atoms with Crippen molar-refractivity contribution < 1.29 is 5.11 Å². The summed E-state index contributed by atoms with van der Waals surface area (Å²) in [5, 5.41) is 14.1. The number of fused-ring (bicyclic) bond motifs is 1. The third-order valence-corrected chi connectivity index (χ3v) is 3.68. The molecule has 0 amide bonds. The van der Waals surface area contributed by atoms with Crippen LogP contribution in [0.5, 0.6) is 5.75 Å². The van der Waals surface area contributed by atoms with Crippen molar-refractivity contribution in [3.05, 3.63) is 66.4 Å². The van der Waals surface area contributed by atoms with Crippen molar-refractivity contribution in [1.82, 2.24) is 4.98 Å². The van der Waals surface area contributed by atoms with Crippen molar-refractivity contribution in [2.75, 3.05) is 5.32 Å². The molecule has 3 aromatic rings. The van der Waals surface area contributed by atoms with Crippen molar-refractivity contribution in [2.24, 2.45) is 0 Å². The Balaban J connectivity index is 1.94. The molecule has 0 aliphatic rings. The van der Waals surface area contributed by atoms with Crippen LogP contribution < -0.4 is 5.32 Å². The van der Waals surface area contributed by atoms with Crippen molar-refractivity contribution in [2.45, 2.75) is 19.4 Å². The Kier molecular flexibility index (Phi) is 3.73. The van der Waals surface area contributed by atoms with Gasteiger partial charge < -0.3 is 10.4 Å². The van der Waals surface area contributed by atoms with Gasteiger partial charge in [-0.15, -0.1) is 0 Å². The quantitative estimate of drug-likeness (QED) is 0.738. The van der Waals surface area contributed by atoms with Crippen LogP contribution in [0.25, 0.3) is 10.9 Å². The zero-order chi connectivity index (χ0) is 14.7. The number of phenols is 1. The third kappa shape index (κ3) is 2.82. The summed E-state index contributed by atoms with van der Waals surface area (Å²) in [5.41, 5.74) is 3.24. The summed E-state index contributed by atoms with van der Waals surface area (Å²) in [6.07, 6.45) is 2.77. The second-order valence-electron chi connectivity index (χ2n) is 5.07. The van der Waals surface area contributed by atoms with Gasteiger partial charge in [0.05, 0.1) is 11.6 Å². The Morgan fingerprint density at radius 1 is 1.05 bits per heavy atom. The standard InChI is InChI=1S/C18H18N2O/c1-2-16(13-8-10-14(21)11-9-13)20-18-7-3-6-17-15(18)5-4-12-19-17/h3-12,16,20-21H,2H2,1H3. The van der Waals surface area contributed by atoms with Crippen molar-refractivity contribution in [1.29, 1.82) is 0 Å². The molecular formula is C18H18N2O. The summed E-state index contributed by atoms with van der Waals surface area (Å²) in [4.78, 5) is 4.39. The number of rotatable bonds is 4. The Labute approximate surface area is 124 Å². The summed E-state index contributed by atoms with van der Waals surface area (Å²) in [7, 11) is 0. The van der Waals surface area contributed by atoms with Gasteiger partial charge in [-0.2, -0.15) is 0 Å². The molecule has 0 saturated heterocycles. The van der Waals surface area contributed by atoms with E-state index in [0.29, 0.717) is 5.75 Å². The zero-order valence-corrected chi connectivity index (χ0v) is 12.0. The van der Waals surface area contributed by atoms with E-state index in [9.17, 15) is 5.11 Å². The molecule has 0 aliphatic heterocycles. The molecule has 3 nitrogen and oxygen atoms in total. The first kappa shape index (κ1) is 13.4. The lowest BCUT2D eigenvalue weighted by Gasteiger charge is -2.20. The van der Waals surface area contributed by atoms with Crippen LogP contribution >= 0.6 is 0 Å². The van der Waals surface area contributed by atoms with Gasteiger partial charge in [0.15, 0.2) is 0 Å². The van der Waals surface area contributed by atoms with E-state index < -0.39 is 0 Å². The number of aromatic hydroxyl groups is 1. The van der Waals surface area contributed by atoms with Crippen LogP contribution in [-0.2, 0) is 0 Å². The summed E-state index contributed by atoms with van der Waals surface area (Å²) in [5.74, 6) is 0.294. The average molecular weight is 278 g/mol. The molecule has 2 N–H and O–H groups in total. The molecule has 21 heavy (non-hydrogen) atoms. The number of hydrogen-bond acceptors (Lipinski definition) is 3. The predicted octanol–water partition coefficient (Wildman–Crippen LogP) is 4.50. The molecule has 1 heterocycles. The Bertz CT molecular complexity index is 732. The topological polar surface area (TPSA) is 45.2 Å². The van der Waals surface area contributed by atoms with Crippen LogP contribution in [0.2, 0.25) is 0 Å². The van der Waals surface area contributed by atoms with Gasteiger partial charge in [0.1, 0.15) is 5.75 Å². The summed E-state index contributed by atoms with van der Waals surface area (Å²) < 4.78 is 0. The highest BCUT2D eigenvalue weighted by Gasteiger charge is 2.10. The van der Waals surface area contributed by atoms with Crippen LogP contribution in [0.4, 0.5) is 5.69 Å². The van der Waals surface area contributed by atoms with Gasteiger partial charge in [0.25, 0.3) is 0 Å². The van der Waals surface area contributed by atoms with Crippen LogP contribution in [0.3, 0.4) is 0 Å². The molecular weight excluding hydrogens is 260 g/mol. The molecule has 0 radical (unpaired) electrons. The highest BCUT2D eigenvalue weighted by atomic mass is 16.3. The van der Waals surface area contributed by atoms with Crippen LogP contribution in [0.1, 0.15) is 24.9 Å². The van der Waals surface area contributed by atoms with E-state index >= 15 is 0 Å². The Hall–Kier alpha value is -2.55. The number of anilines is 1. The molecule has 0 aliphatic carbocycles. The number of nitrogens with zero attached hydrogens (tertiary/aromatic N) is 1. The van der Waals surface area contributed by atoms with Gasteiger partial charge in [-0.25, -0.2) is 0 Å². The molecule has 2 aromatic carbocycles. The molecule has 1 aromatic heterocycles. The SMILES string of the molecule is CCC(Nc1cccc2ncccc12)c1ccc(O)cc1. The molecule has 0 fully saturated rings. The van der Waals surface area contributed by atoms with Gasteiger partial charge in [-0.3, -0.25) is 4.98 Å². The lowest BCUT2D eigenvalue weighted by atomic mass is 10.0. The number of phenolic OH excluding ortho intramolecular Hbond substituents is 1. The highest BCUT2D eigenvalue weighted by molar-refractivity contribution is 5.91. The largest absolute Gasteiger partial charge is 0.508 e. The average Bonchev–Trinajstić information content (AvgIpc) is 2.54. The van der Waals surface area contributed by atoms with Gasteiger partial charge in [0.2, 0.25) is 0 Å². The fourth-order valence-electron chi connectivity index (χ4n) is 2.54. The predicted molar refractivity (Wildman–Crippen MR) is 86.5 cm³/mol. The van der Waals surface area contributed by atoms with Crippen molar-refractivity contribution in [3.8, 4) is 5.75 Å². The molecule has 0 bridgehead atoms. The first-order chi connectivity index (χ1) is 10.3. The van der Waals surface area contributed by atoms with E-state index in [1.807, 2.05) is 36.5 Å². The Morgan fingerprint density at radius 3 is 2.62 bits per heavy atom. The number of aromatic nitrogens is 1. The Morgan fingerprint density at radius 2 is 1.86 bits per heavy atom. The fraction of sp³-hybridized carbons (Fsp3) is 0.167. The molecule has 0 saturated carbocycles. The number of nitrogens with one attached hydrogen (secondary N) is 1. The molecule has 3 rings (SSSR count). The monoisotopic (exact) mass is 278 g/mol. The van der Waals surface area contributed by atoms with E-state index in [1.165, 1.54) is 0 Å². The molecule has 3 heteroatoms. The minimum Gasteiger partial charge on any atom is -0.508 e. The van der Waals surface area contributed by atoms with Gasteiger partial charge >= 0.3 is 0 Å². The summed E-state index contributed by atoms with van der Waals surface area (Å²) in [6, 6.07) is 17.7. The first-order valence-corrected chi connectivity index (χ1v) is 7.17. The van der Waals surface area contributed by atoms with E-state index in [4.69, 9.17) is 0 Å². The second-order valence-corrected chi connectivity index (χ2v) is 5.07. The second kappa shape index (κ2) is 5.83. The third-order valence-electron chi connectivity index (χ3n) is 3.68. The van der Waals surface area contributed by atoms with Crippen molar-refractivity contribution in [3.63, 3.8) is 0 Å². The lowest BCUT2D eigenvalue weighted by Crippen LogP contribution is -2.09. The smallest absolute Gasteiger partial charge is 0.115 e. The first-order valence-electron chi connectivity index (χ1n) is 7.17. The maximum atomic E-state index is 9.41. The van der Waals surface area contributed by atoms with Crippen molar-refractivity contribution >= 4 is 16.6 Å². The fourth-order valence-corrected chi connectivity index (χ4v) is 2.54. The van der Waals surface area contributed by atoms with Crippen LogP contribution in [-0.4, -0.2) is 10.1 Å². The minimum absolute atomic E-state index is 0.205. The molecule has 1 atom stereocenters. The normalized spacial score (nSPS) is 12.2. The minimum atomic E-state index is 0.205. The maximum absolute atomic E-state index is 9.41. The lowest BCUT2D eigenvalue weighted by molar-refractivity contribution is 0.475. The van der Waals surface area contributed by atoms with Crippen LogP contribution in [0.15, 0.2) is 60.8 Å². The van der Waals surface area contributed by atoms with E-state index in [-0.39, 0.29) is 6.04 Å². The summed E-state index contributed by atoms with van der Waals surface area (Å²) >= 11 is 0. The molecule has 0 spiro atoms.